The van der Waals surface area contributed by atoms with Gasteiger partial charge in [0, 0.05) is 12.4 Å². The van der Waals surface area contributed by atoms with E-state index >= 15 is 0 Å². The van der Waals surface area contributed by atoms with Crippen molar-refractivity contribution in [3.63, 3.8) is 0 Å². The Kier molecular flexibility index (Phi) is 9.17. The summed E-state index contributed by atoms with van der Waals surface area (Å²) in [6, 6.07) is 0. The van der Waals surface area contributed by atoms with E-state index in [4.69, 9.17) is 0 Å². The number of hydrogen-bond acceptors (Lipinski definition) is 2. The monoisotopic (exact) mass is 248 g/mol. The van der Waals surface area contributed by atoms with Crippen LogP contribution in [0.1, 0.15) is 60.8 Å². The van der Waals surface area contributed by atoms with Crippen molar-refractivity contribution in [1.82, 2.24) is 0 Å². The maximum Gasteiger partial charge on any atom is 0.0824 e. The minimum Gasteiger partial charge on any atom is -0.260 e. The first-order valence-corrected chi connectivity index (χ1v) is 6.94. The molecule has 0 aromatic heterocycles. The van der Waals surface area contributed by atoms with Gasteiger partial charge in [0.05, 0.1) is 11.4 Å². The zero-order chi connectivity index (χ0) is 14.0. The van der Waals surface area contributed by atoms with Crippen molar-refractivity contribution < 1.29 is 0 Å². The molecular formula is C16H28N2. The summed E-state index contributed by atoms with van der Waals surface area (Å²) in [5, 5.41) is 0. The summed E-state index contributed by atoms with van der Waals surface area (Å²) in [6.45, 7) is 12.7. The zero-order valence-corrected chi connectivity index (χ0v) is 12.8. The van der Waals surface area contributed by atoms with Crippen LogP contribution in [0.5, 0.6) is 0 Å². The number of nitrogens with zero attached hydrogens (tertiary/aromatic N) is 2. The van der Waals surface area contributed by atoms with Gasteiger partial charge in [-0.05, 0) is 45.1 Å². The maximum atomic E-state index is 4.58. The molecule has 1 atom stereocenters. The smallest absolute Gasteiger partial charge is 0.0824 e. The number of aliphatic imine (C=N–C) groups is 2. The summed E-state index contributed by atoms with van der Waals surface area (Å²) >= 11 is 0. The molecule has 0 bridgehead atoms. The molecule has 0 saturated carbocycles. The minimum atomic E-state index is 0.516. The molecule has 18 heavy (non-hydrogen) atoms. The van der Waals surface area contributed by atoms with E-state index in [0.717, 1.165) is 30.7 Å². The largest absolute Gasteiger partial charge is 0.260 e. The summed E-state index contributed by atoms with van der Waals surface area (Å²) in [4.78, 5) is 9.03. The van der Waals surface area contributed by atoms with Crippen molar-refractivity contribution in [3.8, 4) is 0 Å². The predicted molar refractivity (Wildman–Crippen MR) is 83.5 cm³/mol. The van der Waals surface area contributed by atoms with Gasteiger partial charge in [-0.3, -0.25) is 9.98 Å². The van der Waals surface area contributed by atoms with E-state index in [0.29, 0.717) is 5.92 Å². The molecule has 0 heterocycles. The molecule has 0 aliphatic rings. The van der Waals surface area contributed by atoms with Crippen molar-refractivity contribution in [3.05, 3.63) is 23.5 Å². The Morgan fingerprint density at radius 3 is 2.33 bits per heavy atom. The van der Waals surface area contributed by atoms with Gasteiger partial charge in [0.1, 0.15) is 0 Å². The van der Waals surface area contributed by atoms with E-state index in [-0.39, 0.29) is 0 Å². The molecule has 0 spiro atoms. The number of allylic oxidation sites excluding steroid dienone is 3. The topological polar surface area (TPSA) is 24.7 Å². The van der Waals surface area contributed by atoms with Gasteiger partial charge in [0.15, 0.2) is 0 Å². The lowest BCUT2D eigenvalue weighted by Gasteiger charge is -2.05. The average molecular weight is 248 g/mol. The van der Waals surface area contributed by atoms with Crippen LogP contribution in [-0.4, -0.2) is 11.9 Å². The predicted octanol–water partition coefficient (Wildman–Crippen LogP) is 5.17. The Morgan fingerprint density at radius 1 is 1.17 bits per heavy atom. The highest BCUT2D eigenvalue weighted by atomic mass is 14.8. The normalized spacial score (nSPS) is 14.4. The van der Waals surface area contributed by atoms with Crippen molar-refractivity contribution >= 4 is 11.9 Å². The van der Waals surface area contributed by atoms with Gasteiger partial charge in [-0.2, -0.15) is 0 Å². The van der Waals surface area contributed by atoms with Crippen LogP contribution in [0.25, 0.3) is 0 Å². The third-order valence-electron chi connectivity index (χ3n) is 2.75. The standard InChI is InChI=1S/C16H28N2/c1-7-9-10-11-17-15(6)16(13(3)4)18-12-14(5)8-2/h10-12,14H,7-9H2,1-6H3/b11-10+,17-15?,18-12?. The fourth-order valence-corrected chi connectivity index (χ4v) is 1.36. The number of rotatable bonds is 7. The molecule has 0 aromatic rings. The SMILES string of the molecule is CCC/C=C/N=C(C)C(N=CC(C)CC)=C(C)C. The average Bonchev–Trinajstić information content (AvgIpc) is 2.34. The van der Waals surface area contributed by atoms with Crippen molar-refractivity contribution in [2.45, 2.75) is 60.8 Å². The van der Waals surface area contributed by atoms with E-state index in [9.17, 15) is 0 Å². The zero-order valence-electron chi connectivity index (χ0n) is 12.8. The molecule has 0 aromatic carbocycles. The first-order chi connectivity index (χ1) is 8.52. The molecule has 0 radical (unpaired) electrons. The lowest BCUT2D eigenvalue weighted by atomic mass is 10.1. The Bertz CT molecular complexity index is 342. The lowest BCUT2D eigenvalue weighted by molar-refractivity contribution is 0.754. The van der Waals surface area contributed by atoms with Gasteiger partial charge < -0.3 is 0 Å². The van der Waals surface area contributed by atoms with Crippen LogP contribution in [-0.2, 0) is 0 Å². The Morgan fingerprint density at radius 2 is 1.83 bits per heavy atom. The molecule has 0 aliphatic carbocycles. The fraction of sp³-hybridized carbons (Fsp3) is 0.625. The van der Waals surface area contributed by atoms with Gasteiger partial charge in [0.25, 0.3) is 0 Å². The Balaban J connectivity index is 4.83. The first kappa shape index (κ1) is 16.8. The highest BCUT2D eigenvalue weighted by Gasteiger charge is 2.02. The summed E-state index contributed by atoms with van der Waals surface area (Å²) in [7, 11) is 0. The van der Waals surface area contributed by atoms with Crippen molar-refractivity contribution in [1.29, 1.82) is 0 Å². The third-order valence-corrected chi connectivity index (χ3v) is 2.75. The lowest BCUT2D eigenvalue weighted by Crippen LogP contribution is -2.00. The minimum absolute atomic E-state index is 0.516. The van der Waals surface area contributed by atoms with Crippen LogP contribution in [0.4, 0.5) is 0 Å². The molecule has 0 amide bonds. The highest BCUT2D eigenvalue weighted by Crippen LogP contribution is 2.09. The van der Waals surface area contributed by atoms with Gasteiger partial charge in [-0.25, -0.2) is 0 Å². The summed E-state index contributed by atoms with van der Waals surface area (Å²) in [5.74, 6) is 0.516. The van der Waals surface area contributed by atoms with Crippen LogP contribution >= 0.6 is 0 Å². The van der Waals surface area contributed by atoms with Crippen LogP contribution in [0.15, 0.2) is 33.5 Å². The molecule has 0 rings (SSSR count). The molecule has 2 nitrogen and oxygen atoms in total. The first-order valence-electron chi connectivity index (χ1n) is 6.94. The van der Waals surface area contributed by atoms with Gasteiger partial charge in [0.2, 0.25) is 0 Å². The van der Waals surface area contributed by atoms with E-state index in [2.05, 4.69) is 50.7 Å². The summed E-state index contributed by atoms with van der Waals surface area (Å²) in [5.41, 5.74) is 3.21. The molecular weight excluding hydrogens is 220 g/mol. The van der Waals surface area contributed by atoms with E-state index in [1.54, 1.807) is 0 Å². The van der Waals surface area contributed by atoms with Gasteiger partial charge >= 0.3 is 0 Å². The summed E-state index contributed by atoms with van der Waals surface area (Å²) < 4.78 is 0. The molecule has 0 saturated heterocycles. The van der Waals surface area contributed by atoms with Crippen molar-refractivity contribution in [2.75, 3.05) is 0 Å². The summed E-state index contributed by atoms with van der Waals surface area (Å²) in [6.07, 6.45) is 9.37. The molecule has 2 heteroatoms. The van der Waals surface area contributed by atoms with Crippen LogP contribution in [0.3, 0.4) is 0 Å². The number of unbranched alkanes of at least 4 members (excludes halogenated alkanes) is 1. The second-order valence-corrected chi connectivity index (χ2v) is 4.90. The quantitative estimate of drug-likeness (QED) is 0.555. The van der Waals surface area contributed by atoms with Crippen LogP contribution in [0.2, 0.25) is 0 Å². The van der Waals surface area contributed by atoms with Gasteiger partial charge in [-0.1, -0.05) is 33.3 Å². The number of hydrogen-bond donors (Lipinski definition) is 0. The molecule has 102 valence electrons. The van der Waals surface area contributed by atoms with E-state index in [1.165, 1.54) is 5.57 Å². The molecule has 1 unspecified atom stereocenters. The third kappa shape index (κ3) is 7.21. The Hall–Kier alpha value is -1.18. The van der Waals surface area contributed by atoms with Crippen molar-refractivity contribution in [2.24, 2.45) is 15.9 Å². The Labute approximate surface area is 113 Å². The second kappa shape index (κ2) is 9.81. The maximum absolute atomic E-state index is 4.58. The fourth-order valence-electron chi connectivity index (χ4n) is 1.36. The van der Waals surface area contributed by atoms with E-state index in [1.807, 2.05) is 19.3 Å². The molecule has 0 aliphatic heterocycles. The van der Waals surface area contributed by atoms with Crippen LogP contribution in [0, 0.1) is 5.92 Å². The second-order valence-electron chi connectivity index (χ2n) is 4.90. The van der Waals surface area contributed by atoms with E-state index < -0.39 is 0 Å². The molecule has 0 N–H and O–H groups in total. The van der Waals surface area contributed by atoms with Crippen LogP contribution < -0.4 is 0 Å². The highest BCUT2D eigenvalue weighted by molar-refractivity contribution is 6.00. The van der Waals surface area contributed by atoms with Gasteiger partial charge in [-0.15, -0.1) is 0 Å². The molecule has 0 fully saturated rings.